The number of hydrogen-bond donors (Lipinski definition) is 1. The quantitative estimate of drug-likeness (QED) is 0.855. The standard InChI is InChI=1S/C12H17N3O3/c1-8-5-3-4-6-15(8)11(16)10-9(12(17)18)7-14(2)13-10/h7-8H,3-6H2,1-2H3,(H,17,18). The molecule has 0 aromatic carbocycles. The number of carboxylic acid groups (broad SMARTS) is 1. The molecule has 0 radical (unpaired) electrons. The van der Waals surface area contributed by atoms with Crippen LogP contribution < -0.4 is 0 Å². The van der Waals surface area contributed by atoms with Crippen molar-refractivity contribution in [2.75, 3.05) is 6.54 Å². The molecule has 6 nitrogen and oxygen atoms in total. The largest absolute Gasteiger partial charge is 0.478 e. The zero-order valence-corrected chi connectivity index (χ0v) is 10.6. The minimum Gasteiger partial charge on any atom is -0.478 e. The van der Waals surface area contributed by atoms with Gasteiger partial charge in [-0.2, -0.15) is 5.10 Å². The van der Waals surface area contributed by atoms with Gasteiger partial charge in [-0.1, -0.05) is 0 Å². The molecule has 6 heteroatoms. The molecule has 1 aromatic heterocycles. The van der Waals surface area contributed by atoms with Crippen LogP contribution in [0.25, 0.3) is 0 Å². The van der Waals surface area contributed by atoms with E-state index in [4.69, 9.17) is 5.11 Å². The summed E-state index contributed by atoms with van der Waals surface area (Å²) in [6.45, 7) is 2.66. The summed E-state index contributed by atoms with van der Waals surface area (Å²) in [7, 11) is 1.61. The van der Waals surface area contributed by atoms with E-state index in [1.807, 2.05) is 6.92 Å². The molecule has 1 N–H and O–H groups in total. The van der Waals surface area contributed by atoms with Crippen LogP contribution in [0.1, 0.15) is 47.0 Å². The van der Waals surface area contributed by atoms with E-state index in [0.29, 0.717) is 6.54 Å². The third-order valence-corrected chi connectivity index (χ3v) is 3.33. The van der Waals surface area contributed by atoms with Gasteiger partial charge in [-0.15, -0.1) is 0 Å². The molecule has 0 bridgehead atoms. The molecule has 1 aliphatic heterocycles. The monoisotopic (exact) mass is 251 g/mol. The number of aromatic nitrogens is 2. The SMILES string of the molecule is CC1CCCCN1C(=O)c1nn(C)cc1C(=O)O. The van der Waals surface area contributed by atoms with Crippen LogP contribution in [0, 0.1) is 0 Å². The first-order chi connectivity index (χ1) is 8.50. The van der Waals surface area contributed by atoms with Gasteiger partial charge in [0.05, 0.1) is 0 Å². The Labute approximate surface area is 105 Å². The molecule has 0 saturated carbocycles. The van der Waals surface area contributed by atoms with Crippen molar-refractivity contribution in [3.63, 3.8) is 0 Å². The lowest BCUT2D eigenvalue weighted by Gasteiger charge is -2.32. The van der Waals surface area contributed by atoms with E-state index in [9.17, 15) is 9.59 Å². The van der Waals surface area contributed by atoms with Crippen molar-refractivity contribution < 1.29 is 14.7 Å². The summed E-state index contributed by atoms with van der Waals surface area (Å²) in [6, 6.07) is 0.148. The van der Waals surface area contributed by atoms with Gasteiger partial charge in [0.25, 0.3) is 5.91 Å². The lowest BCUT2D eigenvalue weighted by Crippen LogP contribution is -2.42. The second-order valence-electron chi connectivity index (χ2n) is 4.71. The Hall–Kier alpha value is -1.85. The van der Waals surface area contributed by atoms with E-state index in [0.717, 1.165) is 19.3 Å². The Morgan fingerprint density at radius 1 is 1.44 bits per heavy atom. The van der Waals surface area contributed by atoms with Crippen molar-refractivity contribution in [3.8, 4) is 0 Å². The lowest BCUT2D eigenvalue weighted by molar-refractivity contribution is 0.0608. The van der Waals surface area contributed by atoms with Crippen LogP contribution in [0.5, 0.6) is 0 Å². The Balaban J connectivity index is 2.30. The Bertz CT molecular complexity index is 481. The van der Waals surface area contributed by atoms with Crippen LogP contribution in [0.3, 0.4) is 0 Å². The van der Waals surface area contributed by atoms with Crippen molar-refractivity contribution in [2.24, 2.45) is 7.05 Å². The average Bonchev–Trinajstić information content (AvgIpc) is 2.71. The number of aromatic carboxylic acids is 1. The van der Waals surface area contributed by atoms with Crippen molar-refractivity contribution in [3.05, 3.63) is 17.5 Å². The maximum absolute atomic E-state index is 12.3. The average molecular weight is 251 g/mol. The lowest BCUT2D eigenvalue weighted by atomic mass is 10.0. The number of hydrogen-bond acceptors (Lipinski definition) is 3. The molecular formula is C12H17N3O3. The highest BCUT2D eigenvalue weighted by Gasteiger charge is 2.29. The number of carbonyl (C=O) groups is 2. The molecule has 2 heterocycles. The summed E-state index contributed by atoms with van der Waals surface area (Å²) in [5.74, 6) is -1.39. The van der Waals surface area contributed by atoms with Gasteiger partial charge in [0, 0.05) is 25.8 Å². The zero-order valence-electron chi connectivity index (χ0n) is 10.6. The number of carbonyl (C=O) groups excluding carboxylic acids is 1. The number of nitrogens with zero attached hydrogens (tertiary/aromatic N) is 3. The molecule has 1 amide bonds. The Morgan fingerprint density at radius 2 is 2.17 bits per heavy atom. The Kier molecular flexibility index (Phi) is 3.36. The van der Waals surface area contributed by atoms with E-state index in [-0.39, 0.29) is 23.2 Å². The van der Waals surface area contributed by atoms with Crippen LogP contribution in [0.2, 0.25) is 0 Å². The van der Waals surface area contributed by atoms with Gasteiger partial charge in [-0.25, -0.2) is 4.79 Å². The van der Waals surface area contributed by atoms with Crippen LogP contribution in [-0.2, 0) is 7.05 Å². The smallest absolute Gasteiger partial charge is 0.339 e. The fraction of sp³-hybridized carbons (Fsp3) is 0.583. The minimum atomic E-state index is -1.11. The van der Waals surface area contributed by atoms with Crippen molar-refractivity contribution in [1.29, 1.82) is 0 Å². The molecule has 1 aliphatic rings. The molecule has 0 aliphatic carbocycles. The van der Waals surface area contributed by atoms with Crippen molar-refractivity contribution in [2.45, 2.75) is 32.2 Å². The molecule has 98 valence electrons. The highest BCUT2D eigenvalue weighted by Crippen LogP contribution is 2.20. The summed E-state index contributed by atoms with van der Waals surface area (Å²) in [4.78, 5) is 25.1. The molecular weight excluding hydrogens is 234 g/mol. The number of rotatable bonds is 2. The molecule has 1 unspecified atom stereocenters. The first kappa shape index (κ1) is 12.6. The Morgan fingerprint density at radius 3 is 2.78 bits per heavy atom. The maximum atomic E-state index is 12.3. The van der Waals surface area contributed by atoms with Crippen LogP contribution in [0.15, 0.2) is 6.20 Å². The fourth-order valence-electron chi connectivity index (χ4n) is 2.34. The minimum absolute atomic E-state index is 0.0275. The third kappa shape index (κ3) is 2.23. The van der Waals surface area contributed by atoms with Crippen LogP contribution in [-0.4, -0.2) is 44.3 Å². The predicted octanol–water partition coefficient (Wildman–Crippen LogP) is 1.13. The van der Waals surface area contributed by atoms with E-state index < -0.39 is 5.97 Å². The van der Waals surface area contributed by atoms with Gasteiger partial charge >= 0.3 is 5.97 Å². The summed E-state index contributed by atoms with van der Waals surface area (Å²) < 4.78 is 1.37. The first-order valence-electron chi connectivity index (χ1n) is 6.08. The van der Waals surface area contributed by atoms with E-state index in [2.05, 4.69) is 5.10 Å². The van der Waals surface area contributed by atoms with Crippen LogP contribution in [0.4, 0.5) is 0 Å². The number of piperidine rings is 1. The highest BCUT2D eigenvalue weighted by molar-refractivity contribution is 6.03. The van der Waals surface area contributed by atoms with E-state index in [1.54, 1.807) is 11.9 Å². The third-order valence-electron chi connectivity index (χ3n) is 3.33. The van der Waals surface area contributed by atoms with E-state index >= 15 is 0 Å². The van der Waals surface area contributed by atoms with Gasteiger partial charge < -0.3 is 10.0 Å². The molecule has 1 fully saturated rings. The molecule has 0 spiro atoms. The summed E-state index contributed by atoms with van der Waals surface area (Å²) >= 11 is 0. The summed E-state index contributed by atoms with van der Waals surface area (Å²) in [5, 5.41) is 13.1. The van der Waals surface area contributed by atoms with Gasteiger partial charge in [0.2, 0.25) is 0 Å². The maximum Gasteiger partial charge on any atom is 0.339 e. The molecule has 18 heavy (non-hydrogen) atoms. The second-order valence-corrected chi connectivity index (χ2v) is 4.71. The van der Waals surface area contributed by atoms with Gasteiger partial charge in [-0.3, -0.25) is 9.48 Å². The number of aryl methyl sites for hydroxylation is 1. The van der Waals surface area contributed by atoms with Gasteiger partial charge in [-0.05, 0) is 26.2 Å². The summed E-state index contributed by atoms with van der Waals surface area (Å²) in [5.41, 5.74) is 0.0130. The zero-order chi connectivity index (χ0) is 13.3. The van der Waals surface area contributed by atoms with Gasteiger partial charge in [0.1, 0.15) is 5.56 Å². The number of amides is 1. The molecule has 1 atom stereocenters. The second kappa shape index (κ2) is 4.80. The van der Waals surface area contributed by atoms with Crippen molar-refractivity contribution >= 4 is 11.9 Å². The van der Waals surface area contributed by atoms with Crippen LogP contribution >= 0.6 is 0 Å². The molecule has 1 saturated heterocycles. The molecule has 1 aromatic rings. The first-order valence-corrected chi connectivity index (χ1v) is 6.08. The topological polar surface area (TPSA) is 75.4 Å². The normalized spacial score (nSPS) is 19.9. The number of carboxylic acids is 1. The van der Waals surface area contributed by atoms with E-state index in [1.165, 1.54) is 10.9 Å². The van der Waals surface area contributed by atoms with Crippen molar-refractivity contribution in [1.82, 2.24) is 14.7 Å². The molecule has 2 rings (SSSR count). The highest BCUT2D eigenvalue weighted by atomic mass is 16.4. The summed E-state index contributed by atoms with van der Waals surface area (Å²) in [6.07, 6.45) is 4.40. The predicted molar refractivity (Wildman–Crippen MR) is 64.5 cm³/mol. The number of likely N-dealkylation sites (tertiary alicyclic amines) is 1. The van der Waals surface area contributed by atoms with Gasteiger partial charge in [0.15, 0.2) is 5.69 Å². The fourth-order valence-corrected chi connectivity index (χ4v) is 2.34.